The lowest BCUT2D eigenvalue weighted by Crippen LogP contribution is -1.87. The van der Waals surface area contributed by atoms with E-state index in [1.807, 2.05) is 6.07 Å². The number of aliphatic hydroxyl groups is 1. The summed E-state index contributed by atoms with van der Waals surface area (Å²) < 4.78 is 5.23. The summed E-state index contributed by atoms with van der Waals surface area (Å²) in [4.78, 5) is 4.00. The number of benzene rings is 1. The van der Waals surface area contributed by atoms with E-state index in [-0.39, 0.29) is 12.4 Å². The maximum atomic E-state index is 9.25. The summed E-state index contributed by atoms with van der Waals surface area (Å²) in [6.07, 6.45) is 2.01. The molecule has 0 aliphatic heterocycles. The number of hydrogen-bond donors (Lipinski definition) is 2. The average molecular weight is 205 g/mol. The van der Waals surface area contributed by atoms with E-state index in [9.17, 15) is 5.11 Å². The molecule has 0 aliphatic rings. The van der Waals surface area contributed by atoms with Crippen molar-refractivity contribution in [1.29, 1.82) is 0 Å². The zero-order valence-electron chi connectivity index (χ0n) is 8.05. The Morgan fingerprint density at radius 1 is 1.33 bits per heavy atom. The summed E-state index contributed by atoms with van der Waals surface area (Å²) in [6.45, 7) is -0.146. The van der Waals surface area contributed by atoms with Crippen LogP contribution < -0.4 is 0 Å². The molecular weight excluding hydrogens is 194 g/mol. The molecular formula is C11H11NO3. The highest BCUT2D eigenvalue weighted by Crippen LogP contribution is 2.15. The van der Waals surface area contributed by atoms with Gasteiger partial charge in [-0.05, 0) is 17.7 Å². The number of phenols is 1. The number of oxazole rings is 1. The maximum absolute atomic E-state index is 9.25. The van der Waals surface area contributed by atoms with E-state index in [1.165, 1.54) is 6.20 Å². The van der Waals surface area contributed by atoms with Gasteiger partial charge < -0.3 is 14.6 Å². The molecule has 4 nitrogen and oxygen atoms in total. The van der Waals surface area contributed by atoms with Crippen LogP contribution in [0.3, 0.4) is 0 Å². The molecule has 1 heterocycles. The molecule has 0 fully saturated rings. The van der Waals surface area contributed by atoms with Gasteiger partial charge in [-0.15, -0.1) is 0 Å². The van der Waals surface area contributed by atoms with Crippen LogP contribution in [-0.4, -0.2) is 15.2 Å². The van der Waals surface area contributed by atoms with Crippen LogP contribution in [0.2, 0.25) is 0 Å². The van der Waals surface area contributed by atoms with E-state index in [4.69, 9.17) is 9.52 Å². The molecule has 1 aromatic carbocycles. The first kappa shape index (κ1) is 9.73. The molecule has 0 amide bonds. The Balaban J connectivity index is 2.14. The Hall–Kier alpha value is -1.81. The standard InChI is InChI=1S/C11H11NO3/c13-7-10-6-12-11(15-10)5-8-2-1-3-9(14)4-8/h1-4,6,13-14H,5,7H2. The second-order valence-corrected chi connectivity index (χ2v) is 3.23. The lowest BCUT2D eigenvalue weighted by atomic mass is 10.1. The van der Waals surface area contributed by atoms with Crippen LogP contribution in [0, 0.1) is 0 Å². The molecule has 0 bridgehead atoms. The number of rotatable bonds is 3. The summed E-state index contributed by atoms with van der Waals surface area (Å²) in [5, 5.41) is 18.0. The third kappa shape index (κ3) is 2.35. The molecule has 15 heavy (non-hydrogen) atoms. The van der Waals surface area contributed by atoms with Crippen LogP contribution in [0.15, 0.2) is 34.9 Å². The highest BCUT2D eigenvalue weighted by atomic mass is 16.4. The van der Waals surface area contributed by atoms with Crippen molar-refractivity contribution in [3.05, 3.63) is 47.7 Å². The van der Waals surface area contributed by atoms with E-state index in [0.29, 0.717) is 18.1 Å². The molecule has 2 N–H and O–H groups in total. The number of aliphatic hydroxyl groups excluding tert-OH is 1. The van der Waals surface area contributed by atoms with Gasteiger partial charge in [0.25, 0.3) is 0 Å². The fourth-order valence-electron chi connectivity index (χ4n) is 1.34. The predicted molar refractivity (Wildman–Crippen MR) is 53.3 cm³/mol. The molecule has 0 saturated heterocycles. The third-order valence-electron chi connectivity index (χ3n) is 2.02. The summed E-state index contributed by atoms with van der Waals surface area (Å²) in [5.74, 6) is 1.20. The van der Waals surface area contributed by atoms with Gasteiger partial charge in [-0.3, -0.25) is 0 Å². The van der Waals surface area contributed by atoms with Gasteiger partial charge in [0.2, 0.25) is 0 Å². The quantitative estimate of drug-likeness (QED) is 0.796. The second-order valence-electron chi connectivity index (χ2n) is 3.23. The van der Waals surface area contributed by atoms with E-state index in [2.05, 4.69) is 4.98 Å². The Kier molecular flexibility index (Phi) is 2.69. The fourth-order valence-corrected chi connectivity index (χ4v) is 1.34. The van der Waals surface area contributed by atoms with Gasteiger partial charge in [0.1, 0.15) is 18.1 Å². The van der Waals surface area contributed by atoms with E-state index in [1.54, 1.807) is 18.2 Å². The summed E-state index contributed by atoms with van der Waals surface area (Å²) in [6, 6.07) is 6.91. The Labute approximate surface area is 86.8 Å². The Morgan fingerprint density at radius 2 is 2.20 bits per heavy atom. The molecule has 0 unspecified atom stereocenters. The largest absolute Gasteiger partial charge is 0.508 e. The average Bonchev–Trinajstić information content (AvgIpc) is 2.65. The van der Waals surface area contributed by atoms with Crippen LogP contribution in [-0.2, 0) is 13.0 Å². The molecule has 0 spiro atoms. The monoisotopic (exact) mass is 205 g/mol. The summed E-state index contributed by atoms with van der Waals surface area (Å²) in [5.41, 5.74) is 0.918. The Bertz CT molecular complexity index is 451. The first-order valence-corrected chi connectivity index (χ1v) is 4.60. The minimum atomic E-state index is -0.146. The van der Waals surface area contributed by atoms with Gasteiger partial charge in [0, 0.05) is 6.42 Å². The minimum Gasteiger partial charge on any atom is -0.508 e. The summed E-state index contributed by atoms with van der Waals surface area (Å²) >= 11 is 0. The van der Waals surface area contributed by atoms with Crippen molar-refractivity contribution in [2.45, 2.75) is 13.0 Å². The van der Waals surface area contributed by atoms with Gasteiger partial charge in [-0.1, -0.05) is 12.1 Å². The number of aromatic hydroxyl groups is 1. The highest BCUT2D eigenvalue weighted by Gasteiger charge is 2.04. The molecule has 2 rings (SSSR count). The number of phenolic OH excluding ortho intramolecular Hbond substituents is 1. The first-order chi connectivity index (χ1) is 7.28. The van der Waals surface area contributed by atoms with Gasteiger partial charge in [-0.25, -0.2) is 4.98 Å². The second kappa shape index (κ2) is 4.14. The maximum Gasteiger partial charge on any atom is 0.198 e. The molecule has 0 radical (unpaired) electrons. The van der Waals surface area contributed by atoms with Crippen molar-refractivity contribution in [2.75, 3.05) is 0 Å². The lowest BCUT2D eigenvalue weighted by molar-refractivity contribution is 0.244. The van der Waals surface area contributed by atoms with Crippen molar-refractivity contribution >= 4 is 0 Å². The van der Waals surface area contributed by atoms with Crippen LogP contribution >= 0.6 is 0 Å². The Morgan fingerprint density at radius 3 is 2.87 bits per heavy atom. The van der Waals surface area contributed by atoms with Crippen LogP contribution in [0.1, 0.15) is 17.2 Å². The fraction of sp³-hybridized carbons (Fsp3) is 0.182. The molecule has 1 aromatic heterocycles. The minimum absolute atomic E-state index is 0.146. The molecule has 4 heteroatoms. The topological polar surface area (TPSA) is 66.5 Å². The molecule has 0 saturated carbocycles. The van der Waals surface area contributed by atoms with Gasteiger partial charge >= 0.3 is 0 Å². The van der Waals surface area contributed by atoms with Crippen LogP contribution in [0.5, 0.6) is 5.75 Å². The van der Waals surface area contributed by atoms with Gasteiger partial charge in [-0.2, -0.15) is 0 Å². The zero-order valence-corrected chi connectivity index (χ0v) is 8.05. The SMILES string of the molecule is OCc1cnc(Cc2cccc(O)c2)o1. The van der Waals surface area contributed by atoms with Crippen LogP contribution in [0.25, 0.3) is 0 Å². The molecule has 0 aliphatic carbocycles. The number of hydrogen-bond acceptors (Lipinski definition) is 4. The van der Waals surface area contributed by atoms with E-state index in [0.717, 1.165) is 5.56 Å². The third-order valence-corrected chi connectivity index (χ3v) is 2.02. The van der Waals surface area contributed by atoms with Gasteiger partial charge in [0.05, 0.1) is 6.20 Å². The van der Waals surface area contributed by atoms with Crippen molar-refractivity contribution in [1.82, 2.24) is 4.98 Å². The first-order valence-electron chi connectivity index (χ1n) is 4.60. The highest BCUT2D eigenvalue weighted by molar-refractivity contribution is 5.28. The van der Waals surface area contributed by atoms with E-state index < -0.39 is 0 Å². The van der Waals surface area contributed by atoms with Crippen molar-refractivity contribution in [3.8, 4) is 5.75 Å². The molecule has 78 valence electrons. The number of aromatic nitrogens is 1. The van der Waals surface area contributed by atoms with Crippen molar-refractivity contribution in [2.24, 2.45) is 0 Å². The molecule has 2 aromatic rings. The lowest BCUT2D eigenvalue weighted by Gasteiger charge is -1.97. The predicted octanol–water partition coefficient (Wildman–Crippen LogP) is 1.46. The van der Waals surface area contributed by atoms with Crippen molar-refractivity contribution < 1.29 is 14.6 Å². The van der Waals surface area contributed by atoms with Crippen molar-refractivity contribution in [3.63, 3.8) is 0 Å². The molecule has 0 atom stereocenters. The zero-order chi connectivity index (χ0) is 10.7. The number of nitrogens with zero attached hydrogens (tertiary/aromatic N) is 1. The van der Waals surface area contributed by atoms with Crippen LogP contribution in [0.4, 0.5) is 0 Å². The van der Waals surface area contributed by atoms with Gasteiger partial charge in [0.15, 0.2) is 5.89 Å². The smallest absolute Gasteiger partial charge is 0.198 e. The normalized spacial score (nSPS) is 10.5. The summed E-state index contributed by atoms with van der Waals surface area (Å²) in [7, 11) is 0. The van der Waals surface area contributed by atoms with E-state index >= 15 is 0 Å².